The van der Waals surface area contributed by atoms with E-state index in [2.05, 4.69) is 9.97 Å². The number of nitrogens with one attached hydrogen (secondary N) is 1. The third-order valence-corrected chi connectivity index (χ3v) is 1.26. The topological polar surface area (TPSA) is 84.3 Å². The van der Waals surface area contributed by atoms with Gasteiger partial charge in [-0.1, -0.05) is 0 Å². The number of ether oxygens (including phenoxy) is 1. The summed E-state index contributed by atoms with van der Waals surface area (Å²) in [6, 6.07) is 1.60. The van der Waals surface area contributed by atoms with E-state index in [0.717, 1.165) is 0 Å². The standard InChI is InChI=1S/C7H9N3O3/c1-4-3-5(13-2)9-6(8-4)10-7(11)12/h3H,1-2H3,(H,11,12)(H,8,9,10). The molecule has 0 fully saturated rings. The minimum Gasteiger partial charge on any atom is -0.481 e. The lowest BCUT2D eigenvalue weighted by molar-refractivity contribution is 0.209. The molecule has 0 aliphatic heterocycles. The molecule has 0 aromatic carbocycles. The zero-order chi connectivity index (χ0) is 9.84. The van der Waals surface area contributed by atoms with Crippen molar-refractivity contribution in [3.63, 3.8) is 0 Å². The summed E-state index contributed by atoms with van der Waals surface area (Å²) in [7, 11) is 1.45. The summed E-state index contributed by atoms with van der Waals surface area (Å²) < 4.78 is 4.83. The van der Waals surface area contributed by atoms with Crippen LogP contribution in [0.1, 0.15) is 5.69 Å². The van der Waals surface area contributed by atoms with Crippen molar-refractivity contribution in [2.24, 2.45) is 0 Å². The molecule has 0 bridgehead atoms. The van der Waals surface area contributed by atoms with E-state index in [1.165, 1.54) is 7.11 Å². The molecule has 0 atom stereocenters. The van der Waals surface area contributed by atoms with Crippen molar-refractivity contribution in [3.05, 3.63) is 11.8 Å². The minimum absolute atomic E-state index is 0.0179. The molecule has 0 aliphatic rings. The number of amides is 1. The third kappa shape index (κ3) is 2.58. The molecule has 0 radical (unpaired) electrons. The van der Waals surface area contributed by atoms with E-state index in [9.17, 15) is 4.79 Å². The van der Waals surface area contributed by atoms with E-state index < -0.39 is 6.09 Å². The molecule has 1 aromatic heterocycles. The maximum absolute atomic E-state index is 10.2. The number of aryl methyl sites for hydroxylation is 1. The third-order valence-electron chi connectivity index (χ3n) is 1.26. The highest BCUT2D eigenvalue weighted by molar-refractivity contribution is 5.80. The maximum Gasteiger partial charge on any atom is 0.411 e. The number of rotatable bonds is 2. The van der Waals surface area contributed by atoms with Gasteiger partial charge in [0.25, 0.3) is 0 Å². The summed E-state index contributed by atoms with van der Waals surface area (Å²) in [6.07, 6.45) is -1.20. The summed E-state index contributed by atoms with van der Waals surface area (Å²) in [4.78, 5) is 17.9. The van der Waals surface area contributed by atoms with Crippen molar-refractivity contribution in [2.75, 3.05) is 12.4 Å². The number of aromatic nitrogens is 2. The molecular formula is C7H9N3O3. The normalized spacial score (nSPS) is 9.38. The van der Waals surface area contributed by atoms with Crippen LogP contribution in [0.5, 0.6) is 5.88 Å². The van der Waals surface area contributed by atoms with Crippen LogP contribution < -0.4 is 10.1 Å². The Hall–Kier alpha value is -1.85. The van der Waals surface area contributed by atoms with Crippen LogP contribution in [0, 0.1) is 6.92 Å². The predicted molar refractivity (Wildman–Crippen MR) is 45.0 cm³/mol. The van der Waals surface area contributed by atoms with Crippen molar-refractivity contribution in [1.82, 2.24) is 9.97 Å². The largest absolute Gasteiger partial charge is 0.481 e. The second-order valence-corrected chi connectivity index (χ2v) is 2.31. The Labute approximate surface area is 74.6 Å². The minimum atomic E-state index is -1.20. The summed E-state index contributed by atoms with van der Waals surface area (Å²) in [5.74, 6) is 0.348. The van der Waals surface area contributed by atoms with Crippen LogP contribution in [0.25, 0.3) is 0 Å². The summed E-state index contributed by atoms with van der Waals surface area (Å²) in [5.41, 5.74) is 0.635. The first-order chi connectivity index (χ1) is 6.11. The Morgan fingerprint density at radius 3 is 2.85 bits per heavy atom. The maximum atomic E-state index is 10.2. The molecule has 0 saturated heterocycles. The van der Waals surface area contributed by atoms with Crippen molar-refractivity contribution in [3.8, 4) is 5.88 Å². The lowest BCUT2D eigenvalue weighted by Gasteiger charge is -2.03. The van der Waals surface area contributed by atoms with E-state index in [0.29, 0.717) is 11.6 Å². The molecule has 0 unspecified atom stereocenters. The van der Waals surface area contributed by atoms with E-state index in [1.54, 1.807) is 13.0 Å². The molecule has 6 nitrogen and oxygen atoms in total. The Bertz CT molecular complexity index is 327. The van der Waals surface area contributed by atoms with Gasteiger partial charge >= 0.3 is 6.09 Å². The average molecular weight is 183 g/mol. The van der Waals surface area contributed by atoms with Crippen LogP contribution in [0.15, 0.2) is 6.07 Å². The van der Waals surface area contributed by atoms with Gasteiger partial charge in [-0.2, -0.15) is 4.98 Å². The van der Waals surface area contributed by atoms with Crippen LogP contribution in [0.4, 0.5) is 10.7 Å². The highest BCUT2D eigenvalue weighted by Crippen LogP contribution is 2.10. The fourth-order valence-corrected chi connectivity index (χ4v) is 0.796. The Kier molecular flexibility index (Phi) is 2.63. The van der Waals surface area contributed by atoms with Gasteiger partial charge in [-0.05, 0) is 6.92 Å². The summed E-state index contributed by atoms with van der Waals surface area (Å²) in [5, 5.41) is 10.4. The van der Waals surface area contributed by atoms with Gasteiger partial charge in [0.2, 0.25) is 11.8 Å². The van der Waals surface area contributed by atoms with Crippen LogP contribution in [-0.2, 0) is 0 Å². The van der Waals surface area contributed by atoms with Gasteiger partial charge < -0.3 is 9.84 Å². The first kappa shape index (κ1) is 9.24. The lowest BCUT2D eigenvalue weighted by Crippen LogP contribution is -2.11. The molecule has 1 aromatic rings. The van der Waals surface area contributed by atoms with Gasteiger partial charge in [0, 0.05) is 11.8 Å². The van der Waals surface area contributed by atoms with Gasteiger partial charge in [0.15, 0.2) is 0 Å². The SMILES string of the molecule is COc1cc(C)nc(NC(=O)O)n1. The number of anilines is 1. The first-order valence-electron chi connectivity index (χ1n) is 3.51. The van der Waals surface area contributed by atoms with E-state index in [1.807, 2.05) is 5.32 Å². The van der Waals surface area contributed by atoms with Gasteiger partial charge in [0.1, 0.15) is 0 Å². The first-order valence-corrected chi connectivity index (χ1v) is 3.51. The monoisotopic (exact) mass is 183 g/mol. The van der Waals surface area contributed by atoms with Crippen molar-refractivity contribution < 1.29 is 14.6 Å². The van der Waals surface area contributed by atoms with Crippen molar-refractivity contribution in [1.29, 1.82) is 0 Å². The summed E-state index contributed by atoms with van der Waals surface area (Å²) in [6.45, 7) is 1.72. The van der Waals surface area contributed by atoms with Crippen LogP contribution >= 0.6 is 0 Å². The Balaban J connectivity index is 2.94. The molecule has 1 rings (SSSR count). The van der Waals surface area contributed by atoms with Gasteiger partial charge in [-0.3, -0.25) is 5.32 Å². The van der Waals surface area contributed by atoms with Gasteiger partial charge in [0.05, 0.1) is 7.11 Å². The van der Waals surface area contributed by atoms with Crippen LogP contribution in [-0.4, -0.2) is 28.3 Å². The predicted octanol–water partition coefficient (Wildman–Crippen LogP) is 0.884. The second kappa shape index (κ2) is 3.70. The summed E-state index contributed by atoms with van der Waals surface area (Å²) >= 11 is 0. The molecular weight excluding hydrogens is 174 g/mol. The quantitative estimate of drug-likeness (QED) is 0.711. The molecule has 70 valence electrons. The Morgan fingerprint density at radius 1 is 1.62 bits per heavy atom. The Morgan fingerprint density at radius 2 is 2.31 bits per heavy atom. The number of hydrogen-bond donors (Lipinski definition) is 2. The molecule has 0 saturated carbocycles. The zero-order valence-corrected chi connectivity index (χ0v) is 7.24. The number of nitrogens with zero attached hydrogens (tertiary/aromatic N) is 2. The van der Waals surface area contributed by atoms with E-state index in [-0.39, 0.29) is 5.95 Å². The smallest absolute Gasteiger partial charge is 0.411 e. The fourth-order valence-electron chi connectivity index (χ4n) is 0.796. The highest BCUT2D eigenvalue weighted by Gasteiger charge is 2.04. The van der Waals surface area contributed by atoms with Crippen molar-refractivity contribution >= 4 is 12.0 Å². The zero-order valence-electron chi connectivity index (χ0n) is 7.24. The van der Waals surface area contributed by atoms with Crippen LogP contribution in [0.3, 0.4) is 0 Å². The fraction of sp³-hybridized carbons (Fsp3) is 0.286. The average Bonchev–Trinajstić information content (AvgIpc) is 2.01. The molecule has 0 spiro atoms. The van der Waals surface area contributed by atoms with Gasteiger partial charge in [-0.25, -0.2) is 9.78 Å². The molecule has 13 heavy (non-hydrogen) atoms. The van der Waals surface area contributed by atoms with E-state index in [4.69, 9.17) is 9.84 Å². The number of carboxylic acid groups (broad SMARTS) is 1. The van der Waals surface area contributed by atoms with E-state index >= 15 is 0 Å². The number of carbonyl (C=O) groups is 1. The van der Waals surface area contributed by atoms with Crippen molar-refractivity contribution in [2.45, 2.75) is 6.92 Å². The molecule has 1 amide bonds. The highest BCUT2D eigenvalue weighted by atomic mass is 16.5. The van der Waals surface area contributed by atoms with Gasteiger partial charge in [-0.15, -0.1) is 0 Å². The number of hydrogen-bond acceptors (Lipinski definition) is 4. The molecule has 2 N–H and O–H groups in total. The molecule has 0 aliphatic carbocycles. The molecule has 6 heteroatoms. The lowest BCUT2D eigenvalue weighted by atomic mass is 10.4. The second-order valence-electron chi connectivity index (χ2n) is 2.31. The van der Waals surface area contributed by atoms with Crippen LogP contribution in [0.2, 0.25) is 0 Å². The molecule has 1 heterocycles. The number of methoxy groups -OCH3 is 1.